The Morgan fingerprint density at radius 1 is 1.33 bits per heavy atom. The van der Waals surface area contributed by atoms with Gasteiger partial charge in [0.05, 0.1) is 12.5 Å². The summed E-state index contributed by atoms with van der Waals surface area (Å²) in [6.07, 6.45) is 3.44. The second-order valence-corrected chi connectivity index (χ2v) is 4.71. The first-order valence-corrected chi connectivity index (χ1v) is 6.43. The average molecular weight is 243 g/mol. The smallest absolute Gasteiger partial charge is 0.230 e. The van der Waals surface area contributed by atoms with Gasteiger partial charge in [-0.1, -0.05) is 24.3 Å². The standard InChI is InChI=1S/C14H17N3O/c1-15-9-13-16-17-14(18-13)12-8-4-6-10-5-2-3-7-11(10)12/h2-3,5,7,12,15H,4,6,8-9H2,1H3. The summed E-state index contributed by atoms with van der Waals surface area (Å²) < 4.78 is 5.74. The molecule has 0 saturated carbocycles. The van der Waals surface area contributed by atoms with Crippen molar-refractivity contribution in [3.05, 3.63) is 47.2 Å². The van der Waals surface area contributed by atoms with Gasteiger partial charge in [0.1, 0.15) is 0 Å². The van der Waals surface area contributed by atoms with Gasteiger partial charge in [-0.25, -0.2) is 0 Å². The van der Waals surface area contributed by atoms with Crippen LogP contribution in [0.15, 0.2) is 28.7 Å². The summed E-state index contributed by atoms with van der Waals surface area (Å²) in [6, 6.07) is 8.57. The lowest BCUT2D eigenvalue weighted by atomic mass is 9.83. The molecule has 0 spiro atoms. The number of benzene rings is 1. The fraction of sp³-hybridized carbons (Fsp3) is 0.429. The summed E-state index contributed by atoms with van der Waals surface area (Å²) in [6.45, 7) is 0.626. The van der Waals surface area contributed by atoms with Crippen LogP contribution in [0.2, 0.25) is 0 Å². The maximum absolute atomic E-state index is 5.74. The van der Waals surface area contributed by atoms with Crippen LogP contribution in [0.25, 0.3) is 0 Å². The molecule has 0 aliphatic heterocycles. The molecule has 1 aromatic carbocycles. The Hall–Kier alpha value is -1.68. The molecule has 0 amide bonds. The summed E-state index contributed by atoms with van der Waals surface area (Å²) in [7, 11) is 1.87. The van der Waals surface area contributed by atoms with E-state index in [9.17, 15) is 0 Å². The lowest BCUT2D eigenvalue weighted by Crippen LogP contribution is -2.11. The summed E-state index contributed by atoms with van der Waals surface area (Å²) in [5.41, 5.74) is 2.77. The maximum atomic E-state index is 5.74. The van der Waals surface area contributed by atoms with Crippen LogP contribution in [0.5, 0.6) is 0 Å². The van der Waals surface area contributed by atoms with E-state index in [0.29, 0.717) is 12.4 Å². The molecule has 18 heavy (non-hydrogen) atoms. The van der Waals surface area contributed by atoms with Gasteiger partial charge >= 0.3 is 0 Å². The van der Waals surface area contributed by atoms with E-state index in [0.717, 1.165) is 18.7 Å². The third kappa shape index (κ3) is 2.04. The number of nitrogens with zero attached hydrogens (tertiary/aromatic N) is 2. The molecule has 94 valence electrons. The van der Waals surface area contributed by atoms with Crippen molar-refractivity contribution >= 4 is 0 Å². The fourth-order valence-corrected chi connectivity index (χ4v) is 2.64. The minimum Gasteiger partial charge on any atom is -0.423 e. The summed E-state index contributed by atoms with van der Waals surface area (Å²) >= 11 is 0. The lowest BCUT2D eigenvalue weighted by molar-refractivity contribution is 0.407. The first-order valence-electron chi connectivity index (χ1n) is 6.43. The van der Waals surface area contributed by atoms with Crippen molar-refractivity contribution in [2.45, 2.75) is 31.7 Å². The Kier molecular flexibility index (Phi) is 3.11. The van der Waals surface area contributed by atoms with Crippen molar-refractivity contribution < 1.29 is 4.42 Å². The van der Waals surface area contributed by atoms with Gasteiger partial charge in [-0.2, -0.15) is 0 Å². The third-order valence-electron chi connectivity index (χ3n) is 3.48. The Morgan fingerprint density at radius 3 is 3.11 bits per heavy atom. The number of hydrogen-bond donors (Lipinski definition) is 1. The topological polar surface area (TPSA) is 51.0 Å². The highest BCUT2D eigenvalue weighted by molar-refractivity contribution is 5.35. The van der Waals surface area contributed by atoms with Gasteiger partial charge in [0.15, 0.2) is 0 Å². The SMILES string of the molecule is CNCc1nnc(C2CCCc3ccccc32)o1. The first kappa shape index (κ1) is 11.4. The molecule has 3 rings (SSSR count). The Morgan fingerprint density at radius 2 is 2.22 bits per heavy atom. The van der Waals surface area contributed by atoms with Crippen molar-refractivity contribution in [3.8, 4) is 0 Å². The molecule has 0 radical (unpaired) electrons. The molecule has 1 atom stereocenters. The van der Waals surface area contributed by atoms with Gasteiger partial charge in [0.2, 0.25) is 11.8 Å². The van der Waals surface area contributed by atoms with Crippen LogP contribution in [0, 0.1) is 0 Å². The zero-order chi connectivity index (χ0) is 12.4. The van der Waals surface area contributed by atoms with Gasteiger partial charge in [-0.15, -0.1) is 10.2 Å². The molecule has 0 saturated heterocycles. The normalized spacial score (nSPS) is 18.6. The fourth-order valence-electron chi connectivity index (χ4n) is 2.64. The molecule has 1 aliphatic rings. The summed E-state index contributed by atoms with van der Waals surface area (Å²) in [5, 5.41) is 11.3. The number of aryl methyl sites for hydroxylation is 1. The van der Waals surface area contributed by atoms with E-state index in [1.807, 2.05) is 7.05 Å². The van der Waals surface area contributed by atoms with E-state index in [1.165, 1.54) is 17.5 Å². The number of rotatable bonds is 3. The number of nitrogens with one attached hydrogen (secondary N) is 1. The molecule has 1 N–H and O–H groups in total. The minimum atomic E-state index is 0.271. The molecule has 1 unspecified atom stereocenters. The van der Waals surface area contributed by atoms with Crippen LogP contribution in [0.3, 0.4) is 0 Å². The minimum absolute atomic E-state index is 0.271. The van der Waals surface area contributed by atoms with Gasteiger partial charge in [-0.05, 0) is 37.4 Å². The van der Waals surface area contributed by atoms with Gasteiger partial charge in [0, 0.05) is 0 Å². The van der Waals surface area contributed by atoms with Crippen LogP contribution in [0.1, 0.15) is 41.7 Å². The number of aromatic nitrogens is 2. The van der Waals surface area contributed by atoms with E-state index < -0.39 is 0 Å². The van der Waals surface area contributed by atoms with Crippen molar-refractivity contribution in [3.63, 3.8) is 0 Å². The third-order valence-corrected chi connectivity index (χ3v) is 3.48. The first-order chi connectivity index (χ1) is 8.88. The largest absolute Gasteiger partial charge is 0.423 e. The average Bonchev–Trinajstić information content (AvgIpc) is 2.87. The van der Waals surface area contributed by atoms with E-state index in [1.54, 1.807) is 0 Å². The van der Waals surface area contributed by atoms with E-state index in [-0.39, 0.29) is 5.92 Å². The highest BCUT2D eigenvalue weighted by Crippen LogP contribution is 2.35. The zero-order valence-electron chi connectivity index (χ0n) is 10.5. The van der Waals surface area contributed by atoms with Crippen molar-refractivity contribution in [2.75, 3.05) is 7.05 Å². The van der Waals surface area contributed by atoms with Gasteiger partial charge < -0.3 is 9.73 Å². The highest BCUT2D eigenvalue weighted by atomic mass is 16.4. The monoisotopic (exact) mass is 243 g/mol. The maximum Gasteiger partial charge on any atom is 0.230 e. The van der Waals surface area contributed by atoms with Crippen molar-refractivity contribution in [2.24, 2.45) is 0 Å². The Balaban J connectivity index is 1.92. The van der Waals surface area contributed by atoms with Crippen LogP contribution < -0.4 is 5.32 Å². The molecular formula is C14H17N3O. The van der Waals surface area contributed by atoms with Gasteiger partial charge in [-0.3, -0.25) is 0 Å². The van der Waals surface area contributed by atoms with Crippen molar-refractivity contribution in [1.29, 1.82) is 0 Å². The summed E-state index contributed by atoms with van der Waals surface area (Å²) in [5.74, 6) is 1.69. The highest BCUT2D eigenvalue weighted by Gasteiger charge is 2.25. The van der Waals surface area contributed by atoms with E-state index >= 15 is 0 Å². The number of hydrogen-bond acceptors (Lipinski definition) is 4. The Bertz CT molecular complexity index is 535. The molecule has 4 heteroatoms. The van der Waals surface area contributed by atoms with E-state index in [2.05, 4.69) is 39.8 Å². The van der Waals surface area contributed by atoms with Crippen LogP contribution in [0.4, 0.5) is 0 Å². The van der Waals surface area contributed by atoms with E-state index in [4.69, 9.17) is 4.42 Å². The Labute approximate surface area is 106 Å². The molecule has 0 fully saturated rings. The zero-order valence-corrected chi connectivity index (χ0v) is 10.5. The number of fused-ring (bicyclic) bond motifs is 1. The molecule has 1 aliphatic carbocycles. The van der Waals surface area contributed by atoms with Crippen LogP contribution in [-0.2, 0) is 13.0 Å². The summed E-state index contributed by atoms with van der Waals surface area (Å²) in [4.78, 5) is 0. The second-order valence-electron chi connectivity index (χ2n) is 4.71. The molecule has 1 heterocycles. The molecular weight excluding hydrogens is 226 g/mol. The lowest BCUT2D eigenvalue weighted by Gasteiger charge is -2.22. The van der Waals surface area contributed by atoms with Crippen molar-refractivity contribution in [1.82, 2.24) is 15.5 Å². The quantitative estimate of drug-likeness (QED) is 0.898. The van der Waals surface area contributed by atoms with Crippen LogP contribution >= 0.6 is 0 Å². The van der Waals surface area contributed by atoms with Gasteiger partial charge in [0.25, 0.3) is 0 Å². The van der Waals surface area contributed by atoms with Crippen LogP contribution in [-0.4, -0.2) is 17.2 Å². The molecule has 4 nitrogen and oxygen atoms in total. The predicted octanol–water partition coefficient (Wildman–Crippen LogP) is 2.26. The second kappa shape index (κ2) is 4.90. The predicted molar refractivity (Wildman–Crippen MR) is 68.3 cm³/mol. The molecule has 1 aromatic heterocycles. The molecule has 2 aromatic rings. The molecule has 0 bridgehead atoms.